The van der Waals surface area contributed by atoms with Crippen molar-refractivity contribution in [3.05, 3.63) is 133 Å². The number of furan rings is 1. The lowest BCUT2D eigenvalue weighted by Crippen LogP contribution is -2.54. The van der Waals surface area contributed by atoms with Crippen molar-refractivity contribution in [1.29, 1.82) is 0 Å². The fraction of sp³-hybridized carbons (Fsp3) is 0. The summed E-state index contributed by atoms with van der Waals surface area (Å²) in [4.78, 5) is 28.0. The highest BCUT2D eigenvalue weighted by Gasteiger charge is 2.35. The van der Waals surface area contributed by atoms with Crippen molar-refractivity contribution < 1.29 is 18.7 Å². The monoisotopic (exact) mass is 542 g/mol. The van der Waals surface area contributed by atoms with E-state index in [4.69, 9.17) is 21.4 Å². The molecule has 6 nitrogen and oxygen atoms in total. The zero-order valence-corrected chi connectivity index (χ0v) is 21.9. The first-order valence-corrected chi connectivity index (χ1v) is 13.0. The predicted octanol–water partition coefficient (Wildman–Crippen LogP) is 7.24. The van der Waals surface area contributed by atoms with E-state index in [1.807, 2.05) is 91.0 Å². The summed E-state index contributed by atoms with van der Waals surface area (Å²) in [5, 5.41) is 2.63. The van der Waals surface area contributed by atoms with E-state index in [-0.39, 0.29) is 10.7 Å². The second-order valence-corrected chi connectivity index (χ2v) is 9.37. The number of para-hydroxylation sites is 1. The van der Waals surface area contributed by atoms with Gasteiger partial charge in [-0.15, -0.1) is 0 Å². The van der Waals surface area contributed by atoms with Gasteiger partial charge in [-0.05, 0) is 65.8 Å². The Morgan fingerprint density at radius 2 is 1.30 bits per heavy atom. The normalized spacial score (nSPS) is 14.3. The molecule has 1 N–H and O–H groups in total. The highest BCUT2D eigenvalue weighted by atomic mass is 32.1. The van der Waals surface area contributed by atoms with Crippen molar-refractivity contribution in [2.75, 3.05) is 4.90 Å². The summed E-state index contributed by atoms with van der Waals surface area (Å²) in [5.74, 6) is 0.540. The Bertz CT molecular complexity index is 1730. The first kappa shape index (κ1) is 25.0. The summed E-state index contributed by atoms with van der Waals surface area (Å²) in [6.45, 7) is 0. The van der Waals surface area contributed by atoms with Crippen LogP contribution in [0.3, 0.4) is 0 Å². The number of nitrogens with one attached hydrogen (secondary N) is 1. The van der Waals surface area contributed by atoms with Crippen LogP contribution in [0.2, 0.25) is 0 Å². The van der Waals surface area contributed by atoms with Crippen LogP contribution in [0, 0.1) is 0 Å². The minimum Gasteiger partial charge on any atom is -0.464 e. The molecule has 0 aliphatic carbocycles. The predicted molar refractivity (Wildman–Crippen MR) is 159 cm³/mol. The van der Waals surface area contributed by atoms with Crippen molar-refractivity contribution in [1.82, 2.24) is 5.32 Å². The van der Waals surface area contributed by atoms with Gasteiger partial charge in [0.2, 0.25) is 0 Å². The van der Waals surface area contributed by atoms with E-state index in [9.17, 15) is 9.59 Å². The van der Waals surface area contributed by atoms with Crippen LogP contribution < -0.4 is 15.0 Å². The van der Waals surface area contributed by atoms with Crippen molar-refractivity contribution >= 4 is 40.9 Å². The quantitative estimate of drug-likeness (QED) is 0.139. The van der Waals surface area contributed by atoms with Gasteiger partial charge in [0.05, 0.1) is 12.0 Å². The topological polar surface area (TPSA) is 71.8 Å². The third-order valence-corrected chi connectivity index (χ3v) is 6.70. The highest BCUT2D eigenvalue weighted by Crippen LogP contribution is 2.38. The van der Waals surface area contributed by atoms with E-state index in [1.165, 1.54) is 11.0 Å². The number of ether oxygens (including phenoxy) is 1. The number of hydrogen-bond acceptors (Lipinski definition) is 5. The number of nitrogens with zero attached hydrogens (tertiary/aromatic N) is 1. The van der Waals surface area contributed by atoms with E-state index in [2.05, 4.69) is 5.32 Å². The minimum atomic E-state index is -0.591. The Morgan fingerprint density at radius 1 is 0.725 bits per heavy atom. The second kappa shape index (κ2) is 10.8. The van der Waals surface area contributed by atoms with Crippen molar-refractivity contribution in [3.8, 4) is 33.8 Å². The first-order valence-electron chi connectivity index (χ1n) is 12.6. The molecule has 5 aromatic rings. The summed E-state index contributed by atoms with van der Waals surface area (Å²) in [6, 6.07) is 35.8. The average molecular weight is 543 g/mol. The maximum absolute atomic E-state index is 13.7. The zero-order valence-electron chi connectivity index (χ0n) is 21.1. The molecule has 1 aliphatic rings. The molecule has 7 heteroatoms. The number of carbonyl (C=O) groups excluding carboxylic acids is 2. The molecule has 1 fully saturated rings. The van der Waals surface area contributed by atoms with Crippen LogP contribution in [-0.4, -0.2) is 16.9 Å². The Morgan fingerprint density at radius 3 is 1.95 bits per heavy atom. The molecule has 0 unspecified atom stereocenters. The van der Waals surface area contributed by atoms with Gasteiger partial charge in [-0.3, -0.25) is 19.8 Å². The lowest BCUT2D eigenvalue weighted by molar-refractivity contribution is -0.122. The van der Waals surface area contributed by atoms with E-state index >= 15 is 0 Å². The van der Waals surface area contributed by atoms with E-state index < -0.39 is 11.8 Å². The van der Waals surface area contributed by atoms with Crippen molar-refractivity contribution in [2.24, 2.45) is 0 Å². The number of amides is 2. The van der Waals surface area contributed by atoms with Gasteiger partial charge < -0.3 is 9.15 Å². The summed E-state index contributed by atoms with van der Waals surface area (Å²) >= 11 is 5.38. The molecule has 6 rings (SSSR count). The van der Waals surface area contributed by atoms with Gasteiger partial charge in [0.25, 0.3) is 11.8 Å². The molecule has 4 aromatic carbocycles. The highest BCUT2D eigenvalue weighted by molar-refractivity contribution is 7.80. The number of thiocarbonyl (C=S) groups is 1. The SMILES string of the molecule is O=C1NC(=S)N(c2ccc(Oc3ccccc3)cc2)C(=O)C1=Cc1occ(-c2ccccc2)c1-c1ccccc1. The Hall–Kier alpha value is -5.27. The fourth-order valence-electron chi connectivity index (χ4n) is 4.52. The molecule has 1 saturated heterocycles. The van der Waals surface area contributed by atoms with Gasteiger partial charge in [0.1, 0.15) is 22.8 Å². The number of benzene rings is 4. The van der Waals surface area contributed by atoms with Crippen LogP contribution in [0.4, 0.5) is 5.69 Å². The van der Waals surface area contributed by atoms with Crippen LogP contribution in [0.1, 0.15) is 5.76 Å². The second-order valence-electron chi connectivity index (χ2n) is 8.99. The molecule has 0 saturated carbocycles. The molecule has 0 radical (unpaired) electrons. The van der Waals surface area contributed by atoms with Gasteiger partial charge in [-0.1, -0.05) is 78.9 Å². The molecular weight excluding hydrogens is 520 g/mol. The first-order chi connectivity index (χ1) is 19.6. The van der Waals surface area contributed by atoms with Gasteiger partial charge >= 0.3 is 0 Å². The minimum absolute atomic E-state index is 0.00317. The van der Waals surface area contributed by atoms with E-state index in [1.54, 1.807) is 30.5 Å². The van der Waals surface area contributed by atoms with Gasteiger partial charge in [-0.2, -0.15) is 0 Å². The zero-order chi connectivity index (χ0) is 27.5. The molecule has 2 amide bonds. The lowest BCUT2D eigenvalue weighted by Gasteiger charge is -2.28. The average Bonchev–Trinajstić information content (AvgIpc) is 3.41. The summed E-state index contributed by atoms with van der Waals surface area (Å²) in [6.07, 6.45) is 3.12. The molecule has 2 heterocycles. The molecule has 0 atom stereocenters. The van der Waals surface area contributed by atoms with Crippen molar-refractivity contribution in [3.63, 3.8) is 0 Å². The van der Waals surface area contributed by atoms with Gasteiger partial charge in [0, 0.05) is 11.1 Å². The van der Waals surface area contributed by atoms with Crippen LogP contribution >= 0.6 is 12.2 Å². The molecule has 0 spiro atoms. The third-order valence-electron chi connectivity index (χ3n) is 6.42. The van der Waals surface area contributed by atoms with E-state index in [0.717, 1.165) is 22.3 Å². The molecular formula is C33H22N2O4S. The van der Waals surface area contributed by atoms with Crippen LogP contribution in [-0.2, 0) is 9.59 Å². The summed E-state index contributed by atoms with van der Waals surface area (Å²) < 4.78 is 11.8. The Balaban J connectivity index is 1.36. The van der Waals surface area contributed by atoms with Crippen LogP contribution in [0.15, 0.2) is 132 Å². The summed E-state index contributed by atoms with van der Waals surface area (Å²) in [7, 11) is 0. The molecule has 40 heavy (non-hydrogen) atoms. The maximum atomic E-state index is 13.7. The largest absolute Gasteiger partial charge is 0.464 e. The number of hydrogen-bond donors (Lipinski definition) is 1. The molecule has 194 valence electrons. The standard InChI is InChI=1S/C33H22N2O4S/c36-31-27(20-29-30(23-12-6-2-7-13-23)28(21-38-29)22-10-4-1-5-11-22)32(37)35(33(40)34-31)24-16-18-26(19-17-24)39-25-14-8-3-9-15-25/h1-21H,(H,34,36,40). The Kier molecular flexibility index (Phi) is 6.78. The van der Waals surface area contributed by atoms with Crippen LogP contribution in [0.5, 0.6) is 11.5 Å². The molecule has 1 aromatic heterocycles. The van der Waals surface area contributed by atoms with E-state index in [0.29, 0.717) is 22.9 Å². The molecule has 1 aliphatic heterocycles. The number of rotatable bonds is 6. The van der Waals surface area contributed by atoms with Gasteiger partial charge in [-0.25, -0.2) is 0 Å². The third kappa shape index (κ3) is 4.93. The smallest absolute Gasteiger partial charge is 0.270 e. The summed E-state index contributed by atoms with van der Waals surface area (Å²) in [5.41, 5.74) is 3.88. The number of carbonyl (C=O) groups is 2. The molecule has 0 bridgehead atoms. The fourth-order valence-corrected chi connectivity index (χ4v) is 4.80. The lowest BCUT2D eigenvalue weighted by atomic mass is 9.96. The Labute approximate surface area is 236 Å². The van der Waals surface area contributed by atoms with Crippen LogP contribution in [0.25, 0.3) is 28.3 Å². The maximum Gasteiger partial charge on any atom is 0.270 e. The van der Waals surface area contributed by atoms with Crippen molar-refractivity contribution in [2.45, 2.75) is 0 Å². The number of anilines is 1. The van der Waals surface area contributed by atoms with Gasteiger partial charge in [0.15, 0.2) is 5.11 Å².